The first-order valence-electron chi connectivity index (χ1n) is 13.1. The van der Waals surface area contributed by atoms with Gasteiger partial charge in [0.05, 0.1) is 28.3 Å². The normalized spacial score (nSPS) is 27.7. The maximum absolute atomic E-state index is 13.4. The Balaban J connectivity index is 1.33. The number of H-pyrrole nitrogens is 1. The number of likely N-dealkylation sites (tertiary alicyclic amines) is 1. The van der Waals surface area contributed by atoms with Gasteiger partial charge in [0.2, 0.25) is 5.91 Å². The van der Waals surface area contributed by atoms with E-state index < -0.39 is 0 Å². The zero-order chi connectivity index (χ0) is 24.9. The van der Waals surface area contributed by atoms with Crippen molar-refractivity contribution in [2.45, 2.75) is 84.6 Å². The number of aromatic amines is 1. The second kappa shape index (κ2) is 7.56. The fraction of sp³-hybridized carbons (Fsp3) is 0.571. The molecule has 2 aliphatic heterocycles. The molecule has 3 aromatic rings. The molecule has 1 amide bonds. The molecular weight excluding hydrogens is 437 g/mol. The number of amides is 1. The van der Waals surface area contributed by atoms with Gasteiger partial charge in [-0.15, -0.1) is 0 Å². The van der Waals surface area contributed by atoms with Gasteiger partial charge in [0, 0.05) is 17.3 Å². The molecule has 6 nitrogen and oxygen atoms in total. The topological polar surface area (TPSA) is 67.5 Å². The van der Waals surface area contributed by atoms with Crippen molar-refractivity contribution in [2.75, 3.05) is 0 Å². The molecule has 184 valence electrons. The van der Waals surface area contributed by atoms with Crippen molar-refractivity contribution in [3.63, 3.8) is 0 Å². The number of imidazole rings is 1. The number of fused-ring (bicyclic) bond motifs is 4. The van der Waals surface area contributed by atoms with Crippen LogP contribution in [0.2, 0.25) is 0 Å². The Morgan fingerprint density at radius 2 is 1.80 bits per heavy atom. The summed E-state index contributed by atoms with van der Waals surface area (Å²) in [6.07, 6.45) is 2.14. The van der Waals surface area contributed by atoms with Crippen LogP contribution in [0.1, 0.15) is 73.2 Å². The lowest BCUT2D eigenvalue weighted by atomic mass is 9.78. The summed E-state index contributed by atoms with van der Waals surface area (Å²) in [7, 11) is -0.387. The molecule has 0 bridgehead atoms. The van der Waals surface area contributed by atoms with Gasteiger partial charge in [0.15, 0.2) is 0 Å². The van der Waals surface area contributed by atoms with Gasteiger partial charge >= 0.3 is 7.12 Å². The third-order valence-electron chi connectivity index (χ3n) is 9.10. The van der Waals surface area contributed by atoms with E-state index in [1.807, 2.05) is 0 Å². The number of piperidine rings is 1. The van der Waals surface area contributed by atoms with Crippen LogP contribution in [0.3, 0.4) is 0 Å². The number of carbonyl (C=O) groups is 1. The summed E-state index contributed by atoms with van der Waals surface area (Å²) >= 11 is 0. The third kappa shape index (κ3) is 3.53. The fourth-order valence-corrected chi connectivity index (χ4v) is 5.66. The van der Waals surface area contributed by atoms with Crippen LogP contribution in [0.5, 0.6) is 0 Å². The van der Waals surface area contributed by atoms with Crippen LogP contribution >= 0.6 is 0 Å². The smallest absolute Gasteiger partial charge is 0.399 e. The van der Waals surface area contributed by atoms with E-state index in [9.17, 15) is 4.79 Å². The van der Waals surface area contributed by atoms with E-state index >= 15 is 0 Å². The Morgan fingerprint density at radius 3 is 2.49 bits per heavy atom. The second-order valence-electron chi connectivity index (χ2n) is 12.2. The monoisotopic (exact) mass is 473 g/mol. The predicted octanol–water partition coefficient (Wildman–Crippen LogP) is 4.97. The number of rotatable bonds is 4. The van der Waals surface area contributed by atoms with Crippen molar-refractivity contribution in [1.29, 1.82) is 0 Å². The largest absolute Gasteiger partial charge is 0.494 e. The summed E-state index contributed by atoms with van der Waals surface area (Å²) in [6, 6.07) is 11.0. The summed E-state index contributed by atoms with van der Waals surface area (Å²) in [5, 5.41) is 2.21. The average molecular weight is 473 g/mol. The molecule has 3 heterocycles. The van der Waals surface area contributed by atoms with Crippen LogP contribution in [0.25, 0.3) is 21.8 Å². The number of hydrogen-bond acceptors (Lipinski definition) is 4. The van der Waals surface area contributed by atoms with Crippen LogP contribution < -0.4 is 5.46 Å². The Labute approximate surface area is 207 Å². The zero-order valence-corrected chi connectivity index (χ0v) is 21.9. The summed E-state index contributed by atoms with van der Waals surface area (Å²) in [4.78, 5) is 24.1. The van der Waals surface area contributed by atoms with Gasteiger partial charge in [0.1, 0.15) is 5.82 Å². The molecule has 2 saturated heterocycles. The second-order valence-corrected chi connectivity index (χ2v) is 12.2. The van der Waals surface area contributed by atoms with Gasteiger partial charge in [-0.3, -0.25) is 4.79 Å². The Morgan fingerprint density at radius 1 is 1.09 bits per heavy atom. The van der Waals surface area contributed by atoms with E-state index in [0.717, 1.165) is 45.9 Å². The van der Waals surface area contributed by atoms with Gasteiger partial charge in [-0.25, -0.2) is 4.98 Å². The lowest BCUT2D eigenvalue weighted by molar-refractivity contribution is -0.138. The van der Waals surface area contributed by atoms with Gasteiger partial charge in [-0.2, -0.15) is 0 Å². The minimum absolute atomic E-state index is 0.0236. The first-order valence-corrected chi connectivity index (χ1v) is 13.1. The van der Waals surface area contributed by atoms with Gasteiger partial charge < -0.3 is 19.2 Å². The standard InChI is InChI=1S/C28H36BN3O3/c1-15(2)16(3)26(33)32-22-13-18(22)14-23(32)25-30-21-11-8-17-12-19(9-10-20(17)24(21)31-25)29-34-27(4,5)28(6,7)35-29/h8-12,15-16,18,22-23H,13-14H2,1-7H3,(H,30,31)/t16-,18+,22+,23-/m0/s1. The van der Waals surface area contributed by atoms with Crippen LogP contribution in [0.4, 0.5) is 0 Å². The first kappa shape index (κ1) is 23.0. The molecule has 6 rings (SSSR count). The Hall–Kier alpha value is -2.38. The van der Waals surface area contributed by atoms with Gasteiger partial charge in [-0.05, 0) is 69.3 Å². The molecule has 1 saturated carbocycles. The molecule has 1 aromatic heterocycles. The summed E-state index contributed by atoms with van der Waals surface area (Å²) in [6.45, 7) is 14.6. The van der Waals surface area contributed by atoms with Crippen molar-refractivity contribution in [3.05, 3.63) is 36.2 Å². The minimum atomic E-state index is -0.387. The first-order chi connectivity index (χ1) is 16.5. The van der Waals surface area contributed by atoms with Crippen molar-refractivity contribution in [2.24, 2.45) is 17.8 Å². The number of carbonyl (C=O) groups excluding carboxylic acids is 1. The number of nitrogens with zero attached hydrogens (tertiary/aromatic N) is 2. The van der Waals surface area contributed by atoms with E-state index in [1.165, 1.54) is 0 Å². The van der Waals surface area contributed by atoms with Crippen LogP contribution in [-0.2, 0) is 14.1 Å². The van der Waals surface area contributed by atoms with Crippen LogP contribution in [0, 0.1) is 17.8 Å². The SMILES string of the molecule is CC(C)[C@H](C)C(=O)N1[C@@H]2C[C@@H]2C[C@H]1c1nc2c(ccc3cc(B4OC(C)(C)C(C)(C)O4)ccc32)[nH]1. The summed E-state index contributed by atoms with van der Waals surface area (Å²) in [5.74, 6) is 2.16. The molecule has 3 aliphatic rings. The molecule has 35 heavy (non-hydrogen) atoms. The molecule has 0 radical (unpaired) electrons. The quantitative estimate of drug-likeness (QED) is 0.544. The van der Waals surface area contributed by atoms with Crippen molar-refractivity contribution in [1.82, 2.24) is 14.9 Å². The lowest BCUT2D eigenvalue weighted by Gasteiger charge is -2.32. The summed E-state index contributed by atoms with van der Waals surface area (Å²) in [5.41, 5.74) is 2.25. The molecule has 1 N–H and O–H groups in total. The number of aromatic nitrogens is 2. The van der Waals surface area contributed by atoms with Gasteiger partial charge in [0.25, 0.3) is 0 Å². The van der Waals surface area contributed by atoms with Crippen LogP contribution in [0.15, 0.2) is 30.3 Å². The predicted molar refractivity (Wildman–Crippen MR) is 139 cm³/mol. The van der Waals surface area contributed by atoms with E-state index in [1.54, 1.807) is 0 Å². The number of benzene rings is 2. The third-order valence-corrected chi connectivity index (χ3v) is 9.10. The highest BCUT2D eigenvalue weighted by molar-refractivity contribution is 6.62. The number of nitrogens with one attached hydrogen (secondary N) is 1. The average Bonchev–Trinajstić information content (AvgIpc) is 3.16. The molecule has 0 spiro atoms. The molecular formula is C28H36BN3O3. The molecule has 2 aromatic carbocycles. The molecule has 0 unspecified atom stereocenters. The highest BCUT2D eigenvalue weighted by Gasteiger charge is 2.56. The van der Waals surface area contributed by atoms with Crippen molar-refractivity contribution >= 4 is 40.3 Å². The molecule has 7 heteroatoms. The van der Waals surface area contributed by atoms with Crippen molar-refractivity contribution < 1.29 is 14.1 Å². The highest BCUT2D eigenvalue weighted by Crippen LogP contribution is 2.54. The highest BCUT2D eigenvalue weighted by atomic mass is 16.7. The molecule has 4 atom stereocenters. The molecule has 1 aliphatic carbocycles. The Bertz CT molecular complexity index is 1310. The van der Waals surface area contributed by atoms with E-state index in [2.05, 4.69) is 88.7 Å². The maximum Gasteiger partial charge on any atom is 0.494 e. The minimum Gasteiger partial charge on any atom is -0.399 e. The fourth-order valence-electron chi connectivity index (χ4n) is 5.66. The van der Waals surface area contributed by atoms with E-state index in [4.69, 9.17) is 14.3 Å². The van der Waals surface area contributed by atoms with E-state index in [-0.39, 0.29) is 36.2 Å². The van der Waals surface area contributed by atoms with Crippen LogP contribution in [-0.4, -0.2) is 45.1 Å². The van der Waals surface area contributed by atoms with Crippen molar-refractivity contribution in [3.8, 4) is 0 Å². The van der Waals surface area contributed by atoms with E-state index in [0.29, 0.717) is 17.9 Å². The lowest BCUT2D eigenvalue weighted by Crippen LogP contribution is -2.41. The molecule has 3 fully saturated rings. The number of hydrogen-bond donors (Lipinski definition) is 1. The Kier molecular flexibility index (Phi) is 4.98. The van der Waals surface area contributed by atoms with Gasteiger partial charge in [-0.1, -0.05) is 45.0 Å². The summed E-state index contributed by atoms with van der Waals surface area (Å²) < 4.78 is 12.5. The maximum atomic E-state index is 13.4. The zero-order valence-electron chi connectivity index (χ0n) is 21.9.